The van der Waals surface area contributed by atoms with Crippen molar-refractivity contribution in [3.63, 3.8) is 0 Å². The molecule has 0 bridgehead atoms. The van der Waals surface area contributed by atoms with Gasteiger partial charge < -0.3 is 4.74 Å². The largest absolute Gasteiger partial charge is 0.491 e. The van der Waals surface area contributed by atoms with Crippen LogP contribution in [0.1, 0.15) is 38.8 Å². The van der Waals surface area contributed by atoms with Crippen molar-refractivity contribution in [1.29, 1.82) is 5.26 Å². The number of hydrogen-bond donors (Lipinski definition) is 0. The van der Waals surface area contributed by atoms with Gasteiger partial charge >= 0.3 is 0 Å². The number of nitrogens with zero attached hydrogens (tertiary/aromatic N) is 1. The summed E-state index contributed by atoms with van der Waals surface area (Å²) in [6.45, 7) is 8.80. The van der Waals surface area contributed by atoms with Crippen LogP contribution < -0.4 is 4.74 Å². The monoisotopic (exact) mass is 265 g/mol. The van der Waals surface area contributed by atoms with Crippen LogP contribution in [-0.2, 0) is 11.8 Å². The molecular weight excluding hydrogens is 246 g/mol. The van der Waals surface area contributed by atoms with E-state index in [1.54, 1.807) is 0 Å². The fourth-order valence-electron chi connectivity index (χ4n) is 1.71. The van der Waals surface area contributed by atoms with Gasteiger partial charge in [0.1, 0.15) is 12.4 Å². The van der Waals surface area contributed by atoms with Crippen molar-refractivity contribution < 1.29 is 4.74 Å². The molecule has 1 aromatic carbocycles. The first-order valence-electron chi connectivity index (χ1n) is 6.18. The maximum Gasteiger partial charge on any atom is 0.154 e. The standard InChI is InChI=1S/C15H20ClNO/c1-5-11-6-7-14(18-10-12(16)9-17)13(8-11)15(2,3)4/h6-8,12H,5,10H2,1-4H3. The van der Waals surface area contributed by atoms with E-state index in [-0.39, 0.29) is 12.0 Å². The summed E-state index contributed by atoms with van der Waals surface area (Å²) in [5.41, 5.74) is 2.45. The van der Waals surface area contributed by atoms with Crippen molar-refractivity contribution in [2.75, 3.05) is 6.61 Å². The Morgan fingerprint density at radius 1 is 1.39 bits per heavy atom. The van der Waals surface area contributed by atoms with Gasteiger partial charge in [-0.3, -0.25) is 0 Å². The van der Waals surface area contributed by atoms with Crippen LogP contribution in [0.25, 0.3) is 0 Å². The summed E-state index contributed by atoms with van der Waals surface area (Å²) in [6, 6.07) is 8.16. The number of nitriles is 1. The highest BCUT2D eigenvalue weighted by molar-refractivity contribution is 6.22. The average Bonchev–Trinajstić information content (AvgIpc) is 2.34. The number of benzene rings is 1. The van der Waals surface area contributed by atoms with Crippen LogP contribution in [0.3, 0.4) is 0 Å². The second-order valence-corrected chi connectivity index (χ2v) is 5.87. The third-order valence-electron chi connectivity index (χ3n) is 2.79. The lowest BCUT2D eigenvalue weighted by Gasteiger charge is -2.23. The van der Waals surface area contributed by atoms with E-state index in [4.69, 9.17) is 21.6 Å². The maximum absolute atomic E-state index is 8.66. The summed E-state index contributed by atoms with van der Waals surface area (Å²) in [6.07, 6.45) is 1.000. The molecule has 1 aromatic rings. The summed E-state index contributed by atoms with van der Waals surface area (Å²) in [5, 5.41) is 8.05. The van der Waals surface area contributed by atoms with Gasteiger partial charge in [-0.1, -0.05) is 39.8 Å². The molecule has 1 atom stereocenters. The zero-order chi connectivity index (χ0) is 13.8. The molecule has 3 heteroatoms. The van der Waals surface area contributed by atoms with E-state index in [1.165, 1.54) is 5.56 Å². The fourth-order valence-corrected chi connectivity index (χ4v) is 1.77. The van der Waals surface area contributed by atoms with Gasteiger partial charge in [-0.2, -0.15) is 5.26 Å². The van der Waals surface area contributed by atoms with Crippen LogP contribution >= 0.6 is 11.6 Å². The summed E-state index contributed by atoms with van der Waals surface area (Å²) >= 11 is 5.75. The van der Waals surface area contributed by atoms with Gasteiger partial charge in [0.05, 0.1) is 6.07 Å². The van der Waals surface area contributed by atoms with Crippen molar-refractivity contribution in [2.45, 2.75) is 44.9 Å². The molecule has 1 rings (SSSR count). The van der Waals surface area contributed by atoms with Gasteiger partial charge in [0, 0.05) is 0 Å². The predicted octanol–water partition coefficient (Wildman–Crippen LogP) is 4.06. The van der Waals surface area contributed by atoms with Crippen molar-refractivity contribution in [2.24, 2.45) is 0 Å². The molecule has 0 spiro atoms. The maximum atomic E-state index is 8.66. The molecule has 0 aromatic heterocycles. The Balaban J connectivity index is 3.00. The van der Waals surface area contributed by atoms with Crippen molar-refractivity contribution >= 4 is 11.6 Å². The molecule has 0 fully saturated rings. The van der Waals surface area contributed by atoms with Gasteiger partial charge in [0.25, 0.3) is 0 Å². The lowest BCUT2D eigenvalue weighted by Crippen LogP contribution is -2.16. The van der Waals surface area contributed by atoms with Crippen LogP contribution in [0.2, 0.25) is 0 Å². The number of halogens is 1. The molecule has 0 heterocycles. The first-order chi connectivity index (χ1) is 8.38. The highest BCUT2D eigenvalue weighted by Crippen LogP contribution is 2.32. The second-order valence-electron chi connectivity index (χ2n) is 5.34. The van der Waals surface area contributed by atoms with E-state index < -0.39 is 5.38 Å². The molecule has 0 aliphatic carbocycles. The van der Waals surface area contributed by atoms with Crippen LogP contribution in [0.4, 0.5) is 0 Å². The van der Waals surface area contributed by atoms with Crippen LogP contribution in [0, 0.1) is 11.3 Å². The zero-order valence-electron chi connectivity index (χ0n) is 11.5. The van der Waals surface area contributed by atoms with E-state index >= 15 is 0 Å². The number of ether oxygens (including phenoxy) is 1. The van der Waals surface area contributed by atoms with Gasteiger partial charge in [-0.15, -0.1) is 11.6 Å². The Bertz CT molecular complexity index is 443. The summed E-state index contributed by atoms with van der Waals surface area (Å²) < 4.78 is 5.66. The predicted molar refractivity (Wildman–Crippen MR) is 75.3 cm³/mol. The SMILES string of the molecule is CCc1ccc(OCC(Cl)C#N)c(C(C)(C)C)c1. The van der Waals surface area contributed by atoms with Crippen LogP contribution in [0.15, 0.2) is 18.2 Å². The molecule has 0 N–H and O–H groups in total. The van der Waals surface area contributed by atoms with E-state index in [9.17, 15) is 0 Å². The van der Waals surface area contributed by atoms with E-state index in [0.717, 1.165) is 17.7 Å². The number of rotatable bonds is 4. The molecule has 0 saturated carbocycles. The normalized spacial score (nSPS) is 12.9. The Hall–Kier alpha value is -1.20. The van der Waals surface area contributed by atoms with Gasteiger partial charge in [-0.05, 0) is 29.0 Å². The van der Waals surface area contributed by atoms with E-state index in [0.29, 0.717) is 0 Å². The van der Waals surface area contributed by atoms with Gasteiger partial charge in [0.15, 0.2) is 5.38 Å². The smallest absolute Gasteiger partial charge is 0.154 e. The zero-order valence-corrected chi connectivity index (χ0v) is 12.2. The molecule has 0 aliphatic heterocycles. The van der Waals surface area contributed by atoms with Crippen molar-refractivity contribution in [1.82, 2.24) is 0 Å². The van der Waals surface area contributed by atoms with Crippen LogP contribution in [0.5, 0.6) is 5.75 Å². The minimum Gasteiger partial charge on any atom is -0.491 e. The topological polar surface area (TPSA) is 33.0 Å². The molecule has 0 saturated heterocycles. The quantitative estimate of drug-likeness (QED) is 0.770. The number of aryl methyl sites for hydroxylation is 1. The molecule has 2 nitrogen and oxygen atoms in total. The molecule has 0 aliphatic rings. The Morgan fingerprint density at radius 3 is 2.56 bits per heavy atom. The first-order valence-corrected chi connectivity index (χ1v) is 6.62. The van der Waals surface area contributed by atoms with Crippen LogP contribution in [-0.4, -0.2) is 12.0 Å². The highest BCUT2D eigenvalue weighted by atomic mass is 35.5. The van der Waals surface area contributed by atoms with Gasteiger partial charge in [0.2, 0.25) is 0 Å². The molecule has 18 heavy (non-hydrogen) atoms. The average molecular weight is 266 g/mol. The molecule has 0 amide bonds. The summed E-state index contributed by atoms with van der Waals surface area (Å²) in [5.74, 6) is 0.820. The molecule has 1 unspecified atom stereocenters. The third kappa shape index (κ3) is 3.92. The number of hydrogen-bond acceptors (Lipinski definition) is 2. The summed E-state index contributed by atoms with van der Waals surface area (Å²) in [4.78, 5) is 0. The minimum absolute atomic E-state index is 0.00889. The molecule has 0 radical (unpaired) electrons. The van der Waals surface area contributed by atoms with Gasteiger partial charge in [-0.25, -0.2) is 0 Å². The fraction of sp³-hybridized carbons (Fsp3) is 0.533. The Kier molecular flexibility index (Phi) is 5.04. The minimum atomic E-state index is -0.608. The lowest BCUT2D eigenvalue weighted by molar-refractivity contribution is 0.319. The first kappa shape index (κ1) is 14.9. The number of alkyl halides is 1. The second kappa shape index (κ2) is 6.11. The lowest BCUT2D eigenvalue weighted by atomic mass is 9.85. The van der Waals surface area contributed by atoms with Crippen molar-refractivity contribution in [3.05, 3.63) is 29.3 Å². The van der Waals surface area contributed by atoms with E-state index in [2.05, 4.69) is 39.8 Å². The third-order valence-corrected chi connectivity index (χ3v) is 3.01. The summed E-state index contributed by atoms with van der Waals surface area (Å²) in [7, 11) is 0. The molecule has 98 valence electrons. The molecular formula is C15H20ClNO. The highest BCUT2D eigenvalue weighted by Gasteiger charge is 2.20. The van der Waals surface area contributed by atoms with E-state index in [1.807, 2.05) is 12.1 Å². The Morgan fingerprint density at radius 2 is 2.06 bits per heavy atom. The Labute approximate surface area is 115 Å². The van der Waals surface area contributed by atoms with Crippen molar-refractivity contribution in [3.8, 4) is 11.8 Å².